The van der Waals surface area contributed by atoms with Gasteiger partial charge >= 0.3 is 0 Å². The molecule has 1 aliphatic heterocycles. The Morgan fingerprint density at radius 3 is 2.58 bits per heavy atom. The number of hydrogen-bond donors (Lipinski definition) is 1. The van der Waals surface area contributed by atoms with Crippen LogP contribution in [0.1, 0.15) is 51.5 Å². The van der Waals surface area contributed by atoms with Crippen molar-refractivity contribution < 1.29 is 9.59 Å². The van der Waals surface area contributed by atoms with Crippen LogP contribution in [0.15, 0.2) is 48.5 Å². The molecule has 1 atom stereocenters. The van der Waals surface area contributed by atoms with Crippen molar-refractivity contribution in [2.75, 3.05) is 11.4 Å². The lowest BCUT2D eigenvalue weighted by Crippen LogP contribution is -2.39. The Hall–Kier alpha value is -3.15. The van der Waals surface area contributed by atoms with Gasteiger partial charge in [-0.3, -0.25) is 9.59 Å². The summed E-state index contributed by atoms with van der Waals surface area (Å²) in [6.07, 6.45) is 1.95. The predicted octanol–water partition coefficient (Wildman–Crippen LogP) is 4.24. The molecule has 162 valence electrons. The fourth-order valence-corrected chi connectivity index (χ4v) is 4.08. The Balaban J connectivity index is 1.67. The predicted molar refractivity (Wildman–Crippen MR) is 123 cm³/mol. The highest BCUT2D eigenvalue weighted by atomic mass is 16.2. The van der Waals surface area contributed by atoms with Crippen LogP contribution in [0.5, 0.6) is 0 Å². The molecule has 0 fully saturated rings. The molecule has 1 aromatic heterocycles. The van der Waals surface area contributed by atoms with E-state index in [1.54, 1.807) is 0 Å². The molecule has 1 unspecified atom stereocenters. The van der Waals surface area contributed by atoms with E-state index in [1.165, 1.54) is 5.56 Å². The lowest BCUT2D eigenvalue weighted by Gasteiger charge is -2.30. The minimum absolute atomic E-state index is 0.0332. The fourth-order valence-electron chi connectivity index (χ4n) is 4.08. The first-order chi connectivity index (χ1) is 14.8. The van der Waals surface area contributed by atoms with Crippen LogP contribution in [0.25, 0.3) is 11.0 Å². The number of aryl methyl sites for hydroxylation is 1. The van der Waals surface area contributed by atoms with Crippen LogP contribution >= 0.6 is 0 Å². The quantitative estimate of drug-likeness (QED) is 0.689. The molecule has 0 spiro atoms. The van der Waals surface area contributed by atoms with Gasteiger partial charge in [-0.1, -0.05) is 51.1 Å². The Morgan fingerprint density at radius 1 is 1.10 bits per heavy atom. The summed E-state index contributed by atoms with van der Waals surface area (Å²) in [7, 11) is 0. The second-order valence-electron chi connectivity index (χ2n) is 9.27. The minimum Gasteiger partial charge on any atom is -0.346 e. The molecule has 0 bridgehead atoms. The summed E-state index contributed by atoms with van der Waals surface area (Å²) in [5.74, 6) is 0.679. The summed E-state index contributed by atoms with van der Waals surface area (Å²) in [5.41, 5.74) is 3.43. The van der Waals surface area contributed by atoms with Crippen LogP contribution in [0.3, 0.4) is 0 Å². The summed E-state index contributed by atoms with van der Waals surface area (Å²) in [6, 6.07) is 15.6. The van der Waals surface area contributed by atoms with Gasteiger partial charge in [0.25, 0.3) is 0 Å². The Kier molecular flexibility index (Phi) is 5.56. The van der Waals surface area contributed by atoms with Crippen LogP contribution in [-0.2, 0) is 22.6 Å². The van der Waals surface area contributed by atoms with E-state index in [0.29, 0.717) is 12.4 Å². The largest absolute Gasteiger partial charge is 0.346 e. The number of anilines is 1. The Bertz CT molecular complexity index is 1130. The Labute approximate surface area is 183 Å². The number of hydrogen-bond acceptors (Lipinski definition) is 3. The highest BCUT2D eigenvalue weighted by Gasteiger charge is 2.28. The molecule has 2 amide bonds. The maximum absolute atomic E-state index is 13.4. The summed E-state index contributed by atoms with van der Waals surface area (Å²) in [6.45, 7) is 8.47. The van der Waals surface area contributed by atoms with Gasteiger partial charge in [-0.25, -0.2) is 4.98 Å². The average molecular weight is 419 g/mol. The number of nitrogens with zero attached hydrogens (tertiary/aromatic N) is 3. The summed E-state index contributed by atoms with van der Waals surface area (Å²) < 4.78 is 1.95. The van der Waals surface area contributed by atoms with Gasteiger partial charge in [-0.2, -0.15) is 0 Å². The van der Waals surface area contributed by atoms with Gasteiger partial charge in [0.1, 0.15) is 12.4 Å². The smallest absolute Gasteiger partial charge is 0.246 e. The van der Waals surface area contributed by atoms with E-state index in [-0.39, 0.29) is 24.4 Å². The van der Waals surface area contributed by atoms with E-state index < -0.39 is 5.41 Å². The van der Waals surface area contributed by atoms with Gasteiger partial charge in [0, 0.05) is 17.6 Å². The first-order valence-corrected chi connectivity index (χ1v) is 10.9. The molecule has 0 aliphatic carbocycles. The van der Waals surface area contributed by atoms with Gasteiger partial charge in [0.05, 0.1) is 17.1 Å². The zero-order chi connectivity index (χ0) is 22.2. The SMILES string of the molecule is CC(NC(=O)C(C)(C)C)c1nc2ccccc2n1CC(=O)N1CCCc2ccccc21. The number of rotatable bonds is 4. The monoisotopic (exact) mass is 418 g/mol. The number of para-hydroxylation sites is 3. The van der Waals surface area contributed by atoms with E-state index in [1.807, 2.05) is 79.6 Å². The second kappa shape index (κ2) is 8.17. The van der Waals surface area contributed by atoms with E-state index >= 15 is 0 Å². The Morgan fingerprint density at radius 2 is 1.81 bits per heavy atom. The summed E-state index contributed by atoms with van der Waals surface area (Å²) >= 11 is 0. The number of benzene rings is 2. The lowest BCUT2D eigenvalue weighted by atomic mass is 9.95. The number of fused-ring (bicyclic) bond motifs is 2. The van der Waals surface area contributed by atoms with Crippen molar-refractivity contribution in [2.24, 2.45) is 5.41 Å². The number of aromatic nitrogens is 2. The molecular weight excluding hydrogens is 388 g/mol. The second-order valence-corrected chi connectivity index (χ2v) is 9.27. The standard InChI is InChI=1S/C25H30N4O2/c1-17(26-24(31)25(2,3)4)23-27-19-12-6-8-14-21(19)29(23)16-22(30)28-15-9-11-18-10-5-7-13-20(18)28/h5-8,10,12-14,17H,9,11,15-16H2,1-4H3,(H,26,31). The third-order valence-corrected chi connectivity index (χ3v) is 5.80. The van der Waals surface area contributed by atoms with Crippen LogP contribution in [0.4, 0.5) is 5.69 Å². The van der Waals surface area contributed by atoms with Gasteiger partial charge in [0.15, 0.2) is 0 Å². The average Bonchev–Trinajstić information content (AvgIpc) is 3.11. The van der Waals surface area contributed by atoms with Crippen LogP contribution in [0.2, 0.25) is 0 Å². The summed E-state index contributed by atoms with van der Waals surface area (Å²) in [5, 5.41) is 3.06. The van der Waals surface area contributed by atoms with E-state index in [4.69, 9.17) is 4.98 Å². The van der Waals surface area contributed by atoms with E-state index in [2.05, 4.69) is 11.4 Å². The highest BCUT2D eigenvalue weighted by Crippen LogP contribution is 2.28. The van der Waals surface area contributed by atoms with Crippen molar-refractivity contribution >= 4 is 28.5 Å². The van der Waals surface area contributed by atoms with Crippen LogP contribution in [0, 0.1) is 5.41 Å². The van der Waals surface area contributed by atoms with Crippen molar-refractivity contribution in [3.05, 3.63) is 59.9 Å². The molecule has 3 aromatic rings. The molecule has 1 N–H and O–H groups in total. The normalized spacial score (nSPS) is 14.9. The highest BCUT2D eigenvalue weighted by molar-refractivity contribution is 5.95. The maximum Gasteiger partial charge on any atom is 0.246 e. The first-order valence-electron chi connectivity index (χ1n) is 10.9. The first kappa shape index (κ1) is 21.1. The lowest BCUT2D eigenvalue weighted by molar-refractivity contribution is -0.129. The topological polar surface area (TPSA) is 67.2 Å². The van der Waals surface area contributed by atoms with Crippen LogP contribution in [-0.4, -0.2) is 27.9 Å². The fraction of sp³-hybridized carbons (Fsp3) is 0.400. The van der Waals surface area contributed by atoms with Gasteiger partial charge in [-0.05, 0) is 43.5 Å². The number of carbonyl (C=O) groups excluding carboxylic acids is 2. The minimum atomic E-state index is -0.502. The van der Waals surface area contributed by atoms with Gasteiger partial charge < -0.3 is 14.8 Å². The molecule has 0 saturated heterocycles. The van der Waals surface area contributed by atoms with Crippen molar-refractivity contribution in [1.29, 1.82) is 0 Å². The van der Waals surface area contributed by atoms with Crippen molar-refractivity contribution in [2.45, 2.75) is 53.1 Å². The zero-order valence-electron chi connectivity index (χ0n) is 18.7. The molecule has 0 radical (unpaired) electrons. The van der Waals surface area contributed by atoms with E-state index in [9.17, 15) is 9.59 Å². The third kappa shape index (κ3) is 4.20. The third-order valence-electron chi connectivity index (χ3n) is 5.80. The van der Waals surface area contributed by atoms with Crippen molar-refractivity contribution in [3.63, 3.8) is 0 Å². The molecule has 6 heteroatoms. The number of nitrogens with one attached hydrogen (secondary N) is 1. The molecule has 1 aliphatic rings. The summed E-state index contributed by atoms with van der Waals surface area (Å²) in [4.78, 5) is 32.6. The maximum atomic E-state index is 13.4. The van der Waals surface area contributed by atoms with Crippen LogP contribution < -0.4 is 10.2 Å². The molecule has 2 aromatic carbocycles. The molecule has 2 heterocycles. The number of amides is 2. The number of carbonyl (C=O) groups is 2. The van der Waals surface area contributed by atoms with Crippen molar-refractivity contribution in [3.8, 4) is 0 Å². The zero-order valence-corrected chi connectivity index (χ0v) is 18.7. The molecule has 4 rings (SSSR count). The van der Waals surface area contributed by atoms with Gasteiger partial charge in [-0.15, -0.1) is 0 Å². The van der Waals surface area contributed by atoms with Crippen molar-refractivity contribution in [1.82, 2.24) is 14.9 Å². The van der Waals surface area contributed by atoms with Gasteiger partial charge in [0.2, 0.25) is 11.8 Å². The number of imidazole rings is 1. The molecule has 31 heavy (non-hydrogen) atoms. The van der Waals surface area contributed by atoms with E-state index in [0.717, 1.165) is 29.6 Å². The molecule has 0 saturated carbocycles. The molecular formula is C25H30N4O2. The molecule has 6 nitrogen and oxygen atoms in total.